The van der Waals surface area contributed by atoms with Crippen molar-refractivity contribution in [3.05, 3.63) is 35.2 Å². The molecule has 108 valence electrons. The fourth-order valence-electron chi connectivity index (χ4n) is 2.05. The van der Waals surface area contributed by atoms with Crippen LogP contribution in [0.15, 0.2) is 30.3 Å². The molecule has 3 aromatic rings. The summed E-state index contributed by atoms with van der Waals surface area (Å²) < 4.78 is 1.92. The Bertz CT molecular complexity index is 845. The van der Waals surface area contributed by atoms with Crippen LogP contribution < -0.4 is 0 Å². The van der Waals surface area contributed by atoms with E-state index in [4.69, 9.17) is 5.11 Å². The summed E-state index contributed by atoms with van der Waals surface area (Å²) >= 11 is 2.80. The predicted octanol–water partition coefficient (Wildman–Crippen LogP) is 2.32. The third-order valence-corrected chi connectivity index (χ3v) is 4.68. The van der Waals surface area contributed by atoms with Gasteiger partial charge in [-0.05, 0) is 6.07 Å². The quantitative estimate of drug-likeness (QED) is 0.732. The molecular formula is C13H11N3O3S2. The van der Waals surface area contributed by atoms with Crippen LogP contribution in [0.25, 0.3) is 15.3 Å². The van der Waals surface area contributed by atoms with E-state index in [-0.39, 0.29) is 19.0 Å². The Hall–Kier alpha value is -2.19. The fraction of sp³-hybridized carbons (Fsp3) is 0.154. The molecule has 6 nitrogen and oxygen atoms in total. The van der Waals surface area contributed by atoms with Crippen LogP contribution in [0.5, 0.6) is 0 Å². The Morgan fingerprint density at radius 3 is 3.05 bits per heavy atom. The van der Waals surface area contributed by atoms with E-state index in [1.165, 1.54) is 33.6 Å². The van der Waals surface area contributed by atoms with Crippen molar-refractivity contribution >= 4 is 49.9 Å². The molecule has 0 aliphatic heterocycles. The smallest absolute Gasteiger partial charge is 0.323 e. The fourth-order valence-corrected chi connectivity index (χ4v) is 3.82. The summed E-state index contributed by atoms with van der Waals surface area (Å²) in [6, 6.07) is 1.76. The van der Waals surface area contributed by atoms with Crippen molar-refractivity contribution in [1.29, 1.82) is 0 Å². The van der Waals surface area contributed by atoms with Crippen LogP contribution in [0.2, 0.25) is 0 Å². The average Bonchev–Trinajstić information content (AvgIpc) is 3.07. The molecule has 0 unspecified atom stereocenters. The predicted molar refractivity (Wildman–Crippen MR) is 82.2 cm³/mol. The number of hydrogen-bond donors (Lipinski definition) is 1. The van der Waals surface area contributed by atoms with Gasteiger partial charge in [-0.2, -0.15) is 0 Å². The van der Waals surface area contributed by atoms with E-state index in [1.807, 2.05) is 16.0 Å². The van der Waals surface area contributed by atoms with E-state index < -0.39 is 5.97 Å². The van der Waals surface area contributed by atoms with Gasteiger partial charge in [-0.15, -0.1) is 29.3 Å². The monoisotopic (exact) mass is 321 g/mol. The summed E-state index contributed by atoms with van der Waals surface area (Å²) in [7, 11) is 0. The van der Waals surface area contributed by atoms with Gasteiger partial charge < -0.3 is 10.0 Å². The molecule has 3 aromatic heterocycles. The summed E-state index contributed by atoms with van der Waals surface area (Å²) in [6.07, 6.45) is 3.41. The number of aliphatic carboxylic acids is 1. The van der Waals surface area contributed by atoms with Crippen molar-refractivity contribution in [2.24, 2.45) is 0 Å². The second-order valence-corrected chi connectivity index (χ2v) is 6.24. The Kier molecular flexibility index (Phi) is 3.48. The zero-order valence-corrected chi connectivity index (χ0v) is 12.5. The Labute approximate surface area is 127 Å². The summed E-state index contributed by atoms with van der Waals surface area (Å²) in [5.74, 6) is -1.36. The Morgan fingerprint density at radius 2 is 2.33 bits per heavy atom. The topological polar surface area (TPSA) is 74.9 Å². The van der Waals surface area contributed by atoms with Gasteiger partial charge in [0.05, 0.1) is 10.4 Å². The van der Waals surface area contributed by atoms with Crippen molar-refractivity contribution in [2.45, 2.75) is 0 Å². The Balaban J connectivity index is 1.96. The van der Waals surface area contributed by atoms with Gasteiger partial charge >= 0.3 is 5.97 Å². The van der Waals surface area contributed by atoms with Gasteiger partial charge in [-0.3, -0.25) is 14.0 Å². The van der Waals surface area contributed by atoms with Crippen LogP contribution in [0.1, 0.15) is 9.67 Å². The molecular weight excluding hydrogens is 310 g/mol. The minimum Gasteiger partial charge on any atom is -0.480 e. The molecule has 1 N–H and O–H groups in total. The molecule has 1 amide bonds. The minimum absolute atomic E-state index is 0.196. The molecule has 0 fully saturated rings. The molecule has 0 bridgehead atoms. The van der Waals surface area contributed by atoms with Crippen molar-refractivity contribution in [2.75, 3.05) is 13.1 Å². The highest BCUT2D eigenvalue weighted by Crippen LogP contribution is 2.28. The highest BCUT2D eigenvalue weighted by Gasteiger charge is 2.21. The molecule has 0 radical (unpaired) electrons. The number of carbonyl (C=O) groups is 2. The minimum atomic E-state index is -1.05. The van der Waals surface area contributed by atoms with Gasteiger partial charge in [0, 0.05) is 18.1 Å². The lowest BCUT2D eigenvalue weighted by Gasteiger charge is -2.17. The molecule has 0 aromatic carbocycles. The second-order valence-electron chi connectivity index (χ2n) is 4.34. The molecule has 0 aliphatic rings. The number of carboxylic acids is 1. The van der Waals surface area contributed by atoms with E-state index in [9.17, 15) is 9.59 Å². The first-order chi connectivity index (χ1) is 10.1. The van der Waals surface area contributed by atoms with Gasteiger partial charge in [0.2, 0.25) is 0 Å². The van der Waals surface area contributed by atoms with Crippen molar-refractivity contribution in [3.63, 3.8) is 0 Å². The molecule has 3 rings (SSSR count). The molecule has 8 heteroatoms. The van der Waals surface area contributed by atoms with Crippen LogP contribution in [-0.4, -0.2) is 44.4 Å². The lowest BCUT2D eigenvalue weighted by molar-refractivity contribution is -0.137. The number of carbonyl (C=O) groups excluding carboxylic acids is 1. The molecule has 21 heavy (non-hydrogen) atoms. The Morgan fingerprint density at radius 1 is 1.52 bits per heavy atom. The molecule has 0 atom stereocenters. The first-order valence-corrected chi connectivity index (χ1v) is 7.77. The van der Waals surface area contributed by atoms with Crippen LogP contribution in [0.3, 0.4) is 0 Å². The third kappa shape index (κ3) is 2.43. The number of hydrogen-bond acceptors (Lipinski definition) is 5. The SMILES string of the molecule is C=CCN(CC(=O)O)C(=O)c1cc2c(nc3sccn32)s1. The second kappa shape index (κ2) is 5.30. The number of thiophene rings is 1. The average molecular weight is 321 g/mol. The zero-order chi connectivity index (χ0) is 15.0. The number of imidazole rings is 1. The number of nitrogens with zero attached hydrogens (tertiary/aromatic N) is 3. The van der Waals surface area contributed by atoms with E-state index in [0.717, 1.165) is 15.3 Å². The largest absolute Gasteiger partial charge is 0.480 e. The van der Waals surface area contributed by atoms with E-state index >= 15 is 0 Å². The van der Waals surface area contributed by atoms with Gasteiger partial charge in [-0.1, -0.05) is 6.08 Å². The number of thiazole rings is 1. The maximum Gasteiger partial charge on any atom is 0.323 e. The first-order valence-electron chi connectivity index (χ1n) is 6.07. The number of amides is 1. The van der Waals surface area contributed by atoms with Crippen LogP contribution in [-0.2, 0) is 4.79 Å². The van der Waals surface area contributed by atoms with E-state index in [0.29, 0.717) is 4.88 Å². The lowest BCUT2D eigenvalue weighted by atomic mass is 10.3. The molecule has 0 saturated heterocycles. The van der Waals surface area contributed by atoms with Crippen LogP contribution in [0.4, 0.5) is 0 Å². The summed E-state index contributed by atoms with van der Waals surface area (Å²) in [5.41, 5.74) is 0.869. The highest BCUT2D eigenvalue weighted by atomic mass is 32.1. The maximum atomic E-state index is 12.4. The van der Waals surface area contributed by atoms with Crippen LogP contribution >= 0.6 is 22.7 Å². The van der Waals surface area contributed by atoms with E-state index in [2.05, 4.69) is 11.6 Å². The summed E-state index contributed by atoms with van der Waals surface area (Å²) in [4.78, 5) is 31.1. The number of aromatic nitrogens is 2. The van der Waals surface area contributed by atoms with Gasteiger partial charge in [-0.25, -0.2) is 4.98 Å². The molecule has 0 spiro atoms. The van der Waals surface area contributed by atoms with Crippen molar-refractivity contribution < 1.29 is 14.7 Å². The first kappa shape index (κ1) is 13.8. The lowest BCUT2D eigenvalue weighted by Crippen LogP contribution is -2.35. The molecule has 3 heterocycles. The molecule has 0 aliphatic carbocycles. The number of fused-ring (bicyclic) bond motifs is 3. The van der Waals surface area contributed by atoms with Crippen molar-refractivity contribution in [1.82, 2.24) is 14.3 Å². The summed E-state index contributed by atoms with van der Waals surface area (Å²) in [6.45, 7) is 3.40. The number of carboxylic acid groups (broad SMARTS) is 1. The zero-order valence-electron chi connectivity index (χ0n) is 10.9. The van der Waals surface area contributed by atoms with Gasteiger partial charge in [0.25, 0.3) is 5.91 Å². The third-order valence-electron chi connectivity index (χ3n) is 2.91. The maximum absolute atomic E-state index is 12.4. The van der Waals surface area contributed by atoms with Crippen molar-refractivity contribution in [3.8, 4) is 0 Å². The van der Waals surface area contributed by atoms with Gasteiger partial charge in [0.15, 0.2) is 4.96 Å². The molecule has 0 saturated carbocycles. The normalized spacial score (nSPS) is 11.0. The number of rotatable bonds is 5. The standard InChI is InChI=1S/C13H11N3O3S2/c1-2-3-15(7-10(17)18)12(19)9-6-8-11(21-9)14-13-16(8)4-5-20-13/h2,4-6H,1,3,7H2,(H,17,18). The van der Waals surface area contributed by atoms with Crippen LogP contribution in [0, 0.1) is 0 Å². The summed E-state index contributed by atoms with van der Waals surface area (Å²) in [5, 5.41) is 10.8. The van der Waals surface area contributed by atoms with Gasteiger partial charge in [0.1, 0.15) is 11.4 Å². The van der Waals surface area contributed by atoms with E-state index in [1.54, 1.807) is 6.07 Å². The highest BCUT2D eigenvalue weighted by molar-refractivity contribution is 7.21.